The number of carbonyl (C=O) groups is 2. The van der Waals surface area contributed by atoms with Crippen molar-refractivity contribution in [2.45, 2.75) is 25.9 Å². The smallest absolute Gasteiger partial charge is 0.258 e. The molecule has 1 aliphatic rings. The molecule has 1 saturated heterocycles. The van der Waals surface area contributed by atoms with E-state index in [-0.39, 0.29) is 30.3 Å². The molecule has 0 saturated carbocycles. The molecule has 1 N–H and O–H groups in total. The Morgan fingerprint density at radius 3 is 2.60 bits per heavy atom. The third-order valence-electron chi connectivity index (χ3n) is 5.12. The number of nitrogens with zero attached hydrogens (tertiary/aromatic N) is 3. The minimum absolute atomic E-state index is 0.0698. The normalized spacial score (nSPS) is 16.6. The lowest BCUT2D eigenvalue weighted by atomic mass is 10.2. The summed E-state index contributed by atoms with van der Waals surface area (Å²) in [4.78, 5) is 48.0. The molecule has 0 radical (unpaired) electrons. The lowest BCUT2D eigenvalue weighted by Gasteiger charge is -2.22. The number of carbonyl (C=O) groups excluding carboxylic acids is 2. The Labute approximate surface area is 173 Å². The molecule has 1 aliphatic heterocycles. The second-order valence-corrected chi connectivity index (χ2v) is 7.16. The van der Waals surface area contributed by atoms with E-state index in [0.29, 0.717) is 34.8 Å². The SMILES string of the molecule is CCOc1ccc(N2C(=O)CC(N(C)Cc3nc4ccccc4c(=O)[nH]3)C2=O)cc1. The van der Waals surface area contributed by atoms with Gasteiger partial charge in [0, 0.05) is 0 Å². The number of hydrogen-bond acceptors (Lipinski definition) is 6. The maximum atomic E-state index is 13.0. The molecule has 8 nitrogen and oxygen atoms in total. The van der Waals surface area contributed by atoms with Crippen LogP contribution in [-0.4, -0.2) is 46.4 Å². The summed E-state index contributed by atoms with van der Waals surface area (Å²) < 4.78 is 5.41. The van der Waals surface area contributed by atoms with Crippen LogP contribution in [0.15, 0.2) is 53.3 Å². The number of para-hydroxylation sites is 1. The van der Waals surface area contributed by atoms with Crippen molar-refractivity contribution >= 4 is 28.4 Å². The second kappa shape index (κ2) is 8.08. The Balaban J connectivity index is 1.52. The van der Waals surface area contributed by atoms with Crippen LogP contribution in [0.25, 0.3) is 10.9 Å². The molecule has 4 rings (SSSR count). The van der Waals surface area contributed by atoms with Gasteiger partial charge in [-0.3, -0.25) is 19.3 Å². The predicted molar refractivity (Wildman–Crippen MR) is 112 cm³/mol. The molecular weight excluding hydrogens is 384 g/mol. The van der Waals surface area contributed by atoms with E-state index in [2.05, 4.69) is 9.97 Å². The summed E-state index contributed by atoms with van der Waals surface area (Å²) in [5.74, 6) is 0.567. The van der Waals surface area contributed by atoms with Crippen molar-refractivity contribution in [3.05, 3.63) is 64.7 Å². The fourth-order valence-electron chi connectivity index (χ4n) is 3.65. The van der Waals surface area contributed by atoms with Gasteiger partial charge in [0.05, 0.1) is 42.2 Å². The summed E-state index contributed by atoms with van der Waals surface area (Å²) in [6.45, 7) is 2.67. The highest BCUT2D eigenvalue weighted by Gasteiger charge is 2.41. The number of imide groups is 1. The first-order valence-corrected chi connectivity index (χ1v) is 9.75. The van der Waals surface area contributed by atoms with Gasteiger partial charge in [-0.05, 0) is 50.4 Å². The third kappa shape index (κ3) is 3.69. The summed E-state index contributed by atoms with van der Waals surface area (Å²) in [6.07, 6.45) is 0.0698. The van der Waals surface area contributed by atoms with Crippen LogP contribution >= 0.6 is 0 Å². The number of hydrogen-bond donors (Lipinski definition) is 1. The molecule has 154 valence electrons. The first-order valence-electron chi connectivity index (χ1n) is 9.75. The van der Waals surface area contributed by atoms with E-state index in [1.807, 2.05) is 13.0 Å². The predicted octanol–water partition coefficient (Wildman–Crippen LogP) is 2.09. The molecule has 2 heterocycles. The van der Waals surface area contributed by atoms with Crippen LogP contribution in [0.1, 0.15) is 19.2 Å². The molecule has 3 aromatic rings. The number of aromatic nitrogens is 2. The highest BCUT2D eigenvalue weighted by Crippen LogP contribution is 2.27. The van der Waals surface area contributed by atoms with E-state index in [1.54, 1.807) is 54.4 Å². The maximum absolute atomic E-state index is 13.0. The summed E-state index contributed by atoms with van der Waals surface area (Å²) in [7, 11) is 1.74. The van der Waals surface area contributed by atoms with Crippen molar-refractivity contribution in [2.75, 3.05) is 18.6 Å². The van der Waals surface area contributed by atoms with E-state index >= 15 is 0 Å². The van der Waals surface area contributed by atoms with E-state index in [9.17, 15) is 14.4 Å². The van der Waals surface area contributed by atoms with Crippen LogP contribution in [0.2, 0.25) is 0 Å². The number of ether oxygens (including phenoxy) is 1. The van der Waals surface area contributed by atoms with Gasteiger partial charge in [-0.1, -0.05) is 12.1 Å². The van der Waals surface area contributed by atoms with Gasteiger partial charge < -0.3 is 9.72 Å². The van der Waals surface area contributed by atoms with Crippen molar-refractivity contribution < 1.29 is 14.3 Å². The van der Waals surface area contributed by atoms with Crippen molar-refractivity contribution in [1.82, 2.24) is 14.9 Å². The molecule has 0 aliphatic carbocycles. The average Bonchev–Trinajstić information content (AvgIpc) is 3.03. The Morgan fingerprint density at radius 1 is 1.13 bits per heavy atom. The van der Waals surface area contributed by atoms with Crippen molar-refractivity contribution in [3.63, 3.8) is 0 Å². The van der Waals surface area contributed by atoms with Gasteiger partial charge in [-0.2, -0.15) is 0 Å². The summed E-state index contributed by atoms with van der Waals surface area (Å²) in [5.41, 5.74) is 0.880. The zero-order chi connectivity index (χ0) is 21.3. The number of aromatic amines is 1. The van der Waals surface area contributed by atoms with Gasteiger partial charge in [-0.25, -0.2) is 9.88 Å². The van der Waals surface area contributed by atoms with Gasteiger partial charge in [-0.15, -0.1) is 0 Å². The number of nitrogens with one attached hydrogen (secondary N) is 1. The Kier molecular flexibility index (Phi) is 5.33. The standard InChI is InChI=1S/C22H22N4O4/c1-3-30-15-10-8-14(9-11-15)26-20(27)12-18(22(26)29)25(2)13-19-23-17-7-5-4-6-16(17)21(28)24-19/h4-11,18H,3,12-13H2,1-2H3,(H,23,24,28). The molecule has 0 bridgehead atoms. The third-order valence-corrected chi connectivity index (χ3v) is 5.12. The molecule has 1 atom stereocenters. The Morgan fingerprint density at radius 2 is 1.87 bits per heavy atom. The van der Waals surface area contributed by atoms with Crippen molar-refractivity contribution in [2.24, 2.45) is 0 Å². The highest BCUT2D eigenvalue weighted by atomic mass is 16.5. The van der Waals surface area contributed by atoms with E-state index in [1.165, 1.54) is 4.90 Å². The molecule has 1 unspecified atom stereocenters. The summed E-state index contributed by atoms with van der Waals surface area (Å²) in [6, 6.07) is 13.3. The fourth-order valence-corrected chi connectivity index (χ4v) is 3.65. The monoisotopic (exact) mass is 406 g/mol. The lowest BCUT2D eigenvalue weighted by Crippen LogP contribution is -2.40. The molecule has 8 heteroatoms. The average molecular weight is 406 g/mol. The summed E-state index contributed by atoms with van der Waals surface area (Å²) >= 11 is 0. The molecule has 1 fully saturated rings. The fraction of sp³-hybridized carbons (Fsp3) is 0.273. The van der Waals surface area contributed by atoms with Crippen molar-refractivity contribution in [1.29, 1.82) is 0 Å². The number of rotatable bonds is 6. The second-order valence-electron chi connectivity index (χ2n) is 7.16. The number of H-pyrrole nitrogens is 1. The number of anilines is 1. The van der Waals surface area contributed by atoms with Crippen molar-refractivity contribution in [3.8, 4) is 5.75 Å². The quantitative estimate of drug-likeness (QED) is 0.630. The summed E-state index contributed by atoms with van der Waals surface area (Å²) in [5, 5.41) is 0.512. The van der Waals surface area contributed by atoms with Gasteiger partial charge in [0.1, 0.15) is 11.6 Å². The highest BCUT2D eigenvalue weighted by molar-refractivity contribution is 6.22. The number of benzene rings is 2. The number of fused-ring (bicyclic) bond motifs is 1. The zero-order valence-corrected chi connectivity index (χ0v) is 16.8. The molecule has 30 heavy (non-hydrogen) atoms. The van der Waals surface area contributed by atoms with Gasteiger partial charge in [0.2, 0.25) is 5.91 Å². The topological polar surface area (TPSA) is 95.6 Å². The minimum Gasteiger partial charge on any atom is -0.494 e. The Bertz CT molecular complexity index is 1160. The number of likely N-dealkylation sites (N-methyl/N-ethyl adjacent to an activating group) is 1. The van der Waals surface area contributed by atoms with E-state index in [0.717, 1.165) is 0 Å². The first kappa shape index (κ1) is 19.8. The van der Waals surface area contributed by atoms with E-state index in [4.69, 9.17) is 4.74 Å². The van der Waals surface area contributed by atoms with Crippen LogP contribution in [0, 0.1) is 0 Å². The van der Waals surface area contributed by atoms with Crippen LogP contribution in [0.4, 0.5) is 5.69 Å². The lowest BCUT2D eigenvalue weighted by molar-refractivity contribution is -0.122. The molecule has 2 amide bonds. The van der Waals surface area contributed by atoms with Gasteiger partial charge >= 0.3 is 0 Å². The van der Waals surface area contributed by atoms with Gasteiger partial charge in [0.15, 0.2) is 0 Å². The molecule has 1 aromatic heterocycles. The zero-order valence-electron chi connectivity index (χ0n) is 16.8. The van der Waals surface area contributed by atoms with Gasteiger partial charge in [0.25, 0.3) is 11.5 Å². The Hall–Kier alpha value is -3.52. The van der Waals surface area contributed by atoms with Crippen LogP contribution in [-0.2, 0) is 16.1 Å². The van der Waals surface area contributed by atoms with Crippen LogP contribution < -0.4 is 15.2 Å². The van der Waals surface area contributed by atoms with Crippen LogP contribution in [0.5, 0.6) is 5.75 Å². The first-order chi connectivity index (χ1) is 14.5. The number of amides is 2. The largest absolute Gasteiger partial charge is 0.494 e. The minimum atomic E-state index is -0.624. The van der Waals surface area contributed by atoms with E-state index < -0.39 is 6.04 Å². The molecule has 2 aromatic carbocycles. The molecular formula is C22H22N4O4. The maximum Gasteiger partial charge on any atom is 0.258 e. The molecule has 0 spiro atoms. The van der Waals surface area contributed by atoms with Crippen LogP contribution in [0.3, 0.4) is 0 Å².